The Bertz CT molecular complexity index is 636. The molecule has 1 saturated heterocycles. The van der Waals surface area contributed by atoms with Crippen molar-refractivity contribution in [1.29, 1.82) is 0 Å². The molecule has 1 fully saturated rings. The summed E-state index contributed by atoms with van der Waals surface area (Å²) in [4.78, 5) is 19.0. The van der Waals surface area contributed by atoms with Gasteiger partial charge in [-0.2, -0.15) is 0 Å². The summed E-state index contributed by atoms with van der Waals surface area (Å²) in [5, 5.41) is 10.7. The Labute approximate surface area is 127 Å². The molecule has 2 aromatic heterocycles. The Hall–Kier alpha value is -1.76. The number of carbonyl (C=O) groups is 1. The van der Waals surface area contributed by atoms with Crippen molar-refractivity contribution in [1.82, 2.24) is 20.2 Å². The van der Waals surface area contributed by atoms with Gasteiger partial charge < -0.3 is 4.90 Å². The van der Waals surface area contributed by atoms with E-state index in [0.717, 1.165) is 48.6 Å². The number of carbonyl (C=O) groups excluding carboxylic acids is 1. The van der Waals surface area contributed by atoms with E-state index < -0.39 is 0 Å². The molecule has 2 aromatic rings. The van der Waals surface area contributed by atoms with Crippen molar-refractivity contribution in [3.63, 3.8) is 0 Å². The maximum Gasteiger partial charge on any atom is 0.273 e. The van der Waals surface area contributed by atoms with E-state index in [0.29, 0.717) is 5.69 Å². The van der Waals surface area contributed by atoms with E-state index in [2.05, 4.69) is 22.2 Å². The van der Waals surface area contributed by atoms with Crippen molar-refractivity contribution in [2.45, 2.75) is 45.6 Å². The maximum atomic E-state index is 12.7. The minimum Gasteiger partial charge on any atom is -0.328 e. The molecule has 21 heavy (non-hydrogen) atoms. The van der Waals surface area contributed by atoms with Gasteiger partial charge in [0, 0.05) is 11.9 Å². The van der Waals surface area contributed by atoms with Gasteiger partial charge in [-0.25, -0.2) is 9.61 Å². The van der Waals surface area contributed by atoms with Gasteiger partial charge in [-0.3, -0.25) is 4.79 Å². The minimum absolute atomic E-state index is 0.0153. The molecule has 6 nitrogen and oxygen atoms in total. The van der Waals surface area contributed by atoms with Crippen LogP contribution in [0.2, 0.25) is 0 Å². The molecule has 1 amide bonds. The van der Waals surface area contributed by atoms with Crippen LogP contribution in [0, 0.1) is 6.92 Å². The summed E-state index contributed by atoms with van der Waals surface area (Å²) < 4.78 is 4.78. The second-order valence-electron chi connectivity index (χ2n) is 5.27. The van der Waals surface area contributed by atoms with E-state index in [1.165, 1.54) is 0 Å². The van der Waals surface area contributed by atoms with Crippen molar-refractivity contribution in [2.75, 3.05) is 6.54 Å². The Kier molecular flexibility index (Phi) is 4.01. The number of aryl methyl sites for hydroxylation is 2. The van der Waals surface area contributed by atoms with Crippen LogP contribution in [0.25, 0.3) is 0 Å². The fourth-order valence-electron chi connectivity index (χ4n) is 2.72. The number of nitrogens with zero attached hydrogens (tertiary/aromatic N) is 4. The fraction of sp³-hybridized carbons (Fsp3) is 0.571. The van der Waals surface area contributed by atoms with Gasteiger partial charge in [-0.05, 0) is 32.6 Å². The van der Waals surface area contributed by atoms with Gasteiger partial charge in [0.1, 0.15) is 17.1 Å². The van der Waals surface area contributed by atoms with E-state index in [1.54, 1.807) is 11.3 Å². The molecule has 0 bridgehead atoms. The largest absolute Gasteiger partial charge is 0.328 e. The van der Waals surface area contributed by atoms with E-state index in [9.17, 15) is 4.79 Å². The zero-order valence-corrected chi connectivity index (χ0v) is 13.0. The first-order chi connectivity index (χ1) is 10.2. The van der Waals surface area contributed by atoms with Crippen LogP contribution >= 0.6 is 11.3 Å². The number of likely N-dealkylation sites (tertiary alicyclic amines) is 1. The second kappa shape index (κ2) is 5.93. The van der Waals surface area contributed by atoms with Crippen molar-refractivity contribution >= 4 is 17.2 Å². The highest BCUT2D eigenvalue weighted by molar-refractivity contribution is 7.09. The molecule has 3 rings (SSSR count). The summed E-state index contributed by atoms with van der Waals surface area (Å²) in [6.07, 6.45) is 3.83. The van der Waals surface area contributed by atoms with E-state index >= 15 is 0 Å². The molecule has 0 aromatic carbocycles. The first-order valence-corrected chi connectivity index (χ1v) is 8.13. The second-order valence-corrected chi connectivity index (χ2v) is 6.21. The summed E-state index contributed by atoms with van der Waals surface area (Å²) in [7, 11) is 0. The molecule has 1 atom stereocenters. The molecule has 0 spiro atoms. The van der Waals surface area contributed by atoms with Crippen LogP contribution in [0.5, 0.6) is 0 Å². The van der Waals surface area contributed by atoms with Crippen molar-refractivity contribution < 1.29 is 9.42 Å². The quantitative estimate of drug-likeness (QED) is 0.868. The Morgan fingerprint density at radius 3 is 3.10 bits per heavy atom. The third kappa shape index (κ3) is 2.70. The summed E-state index contributed by atoms with van der Waals surface area (Å²) in [5.74, 6) is -0.0153. The molecule has 0 saturated carbocycles. The van der Waals surface area contributed by atoms with Gasteiger partial charge in [0.2, 0.25) is 0 Å². The molecular weight excluding hydrogens is 288 g/mol. The summed E-state index contributed by atoms with van der Waals surface area (Å²) >= 11 is 1.56. The number of rotatable bonds is 4. The topological polar surface area (TPSA) is 72.1 Å². The standard InChI is InChI=1S/C14H18N4O2S/c1-3-5-12-15-10(8-21-12)14(19)18-7-4-6-11(18)13-9(2)16-20-17-13/h8,11H,3-7H2,1-2H3/t11-/m0/s1. The Balaban J connectivity index is 1.81. The molecule has 3 heterocycles. The Morgan fingerprint density at radius 2 is 2.38 bits per heavy atom. The zero-order chi connectivity index (χ0) is 14.8. The van der Waals surface area contributed by atoms with Crippen LogP contribution in [-0.4, -0.2) is 32.6 Å². The lowest BCUT2D eigenvalue weighted by molar-refractivity contribution is 0.0725. The van der Waals surface area contributed by atoms with Crippen molar-refractivity contribution in [3.8, 4) is 0 Å². The lowest BCUT2D eigenvalue weighted by Gasteiger charge is -2.22. The molecule has 0 unspecified atom stereocenters. The molecule has 1 aliphatic rings. The average molecular weight is 306 g/mol. The smallest absolute Gasteiger partial charge is 0.273 e. The first kappa shape index (κ1) is 14.2. The van der Waals surface area contributed by atoms with Gasteiger partial charge >= 0.3 is 0 Å². The molecule has 0 N–H and O–H groups in total. The van der Waals surface area contributed by atoms with Gasteiger partial charge in [0.05, 0.1) is 11.0 Å². The minimum atomic E-state index is -0.0416. The zero-order valence-electron chi connectivity index (χ0n) is 12.2. The number of hydrogen-bond acceptors (Lipinski definition) is 6. The lowest BCUT2D eigenvalue weighted by atomic mass is 10.1. The van der Waals surface area contributed by atoms with E-state index in [4.69, 9.17) is 4.63 Å². The molecule has 1 aliphatic heterocycles. The van der Waals surface area contributed by atoms with Crippen molar-refractivity contribution in [2.24, 2.45) is 0 Å². The van der Waals surface area contributed by atoms with Crippen LogP contribution in [0.15, 0.2) is 10.0 Å². The third-order valence-electron chi connectivity index (χ3n) is 3.75. The maximum absolute atomic E-state index is 12.7. The highest BCUT2D eigenvalue weighted by Crippen LogP contribution is 2.33. The van der Waals surface area contributed by atoms with Crippen LogP contribution in [0.4, 0.5) is 0 Å². The predicted octanol–water partition coefficient (Wildman–Crippen LogP) is 2.76. The summed E-state index contributed by atoms with van der Waals surface area (Å²) in [6.45, 7) is 4.70. The van der Waals surface area contributed by atoms with E-state index in [-0.39, 0.29) is 11.9 Å². The molecule has 0 aliphatic carbocycles. The number of aromatic nitrogens is 3. The monoisotopic (exact) mass is 306 g/mol. The van der Waals surface area contributed by atoms with Crippen LogP contribution in [-0.2, 0) is 6.42 Å². The number of hydrogen-bond donors (Lipinski definition) is 0. The Morgan fingerprint density at radius 1 is 1.52 bits per heavy atom. The molecule has 0 radical (unpaired) electrons. The van der Waals surface area contributed by atoms with E-state index in [1.807, 2.05) is 17.2 Å². The average Bonchev–Trinajstić information content (AvgIpc) is 3.17. The van der Waals surface area contributed by atoms with Crippen molar-refractivity contribution in [3.05, 3.63) is 27.5 Å². The number of amides is 1. The lowest BCUT2D eigenvalue weighted by Crippen LogP contribution is -2.31. The SMILES string of the molecule is CCCc1nc(C(=O)N2CCC[C@H]2c2nonc2C)cs1. The third-order valence-corrected chi connectivity index (χ3v) is 4.66. The van der Waals surface area contributed by atoms with Gasteiger partial charge in [0.15, 0.2) is 0 Å². The normalized spacial score (nSPS) is 18.4. The highest BCUT2D eigenvalue weighted by atomic mass is 32.1. The summed E-state index contributed by atoms with van der Waals surface area (Å²) in [6, 6.07) is -0.0416. The first-order valence-electron chi connectivity index (χ1n) is 7.25. The van der Waals surface area contributed by atoms with Gasteiger partial charge in [0.25, 0.3) is 5.91 Å². The molecule has 112 valence electrons. The van der Waals surface area contributed by atoms with Crippen LogP contribution < -0.4 is 0 Å². The van der Waals surface area contributed by atoms with Gasteiger partial charge in [-0.1, -0.05) is 17.2 Å². The summed E-state index contributed by atoms with van der Waals surface area (Å²) in [5.41, 5.74) is 2.07. The fourth-order valence-corrected chi connectivity index (χ4v) is 3.59. The van der Waals surface area contributed by atoms with Gasteiger partial charge in [-0.15, -0.1) is 11.3 Å². The van der Waals surface area contributed by atoms with Crippen LogP contribution in [0.1, 0.15) is 59.1 Å². The predicted molar refractivity (Wildman–Crippen MR) is 78.2 cm³/mol. The van der Waals surface area contributed by atoms with Crippen LogP contribution in [0.3, 0.4) is 0 Å². The molecular formula is C14H18N4O2S. The molecule has 7 heteroatoms. The highest BCUT2D eigenvalue weighted by Gasteiger charge is 2.34. The number of thiazole rings is 1.